The van der Waals surface area contributed by atoms with Crippen molar-refractivity contribution in [3.8, 4) is 0 Å². The molecular weight excluding hydrogens is 585 g/mol. The van der Waals surface area contributed by atoms with Crippen LogP contribution in [-0.2, 0) is 0 Å². The fourth-order valence-corrected chi connectivity index (χ4v) is 6.96. The summed E-state index contributed by atoms with van der Waals surface area (Å²) in [5, 5.41) is 2.02. The molecule has 226 valence electrons. The molecule has 4 aliphatic rings. The summed E-state index contributed by atoms with van der Waals surface area (Å²) in [6.07, 6.45) is 11.2. The average molecular weight is 615 g/mol. The molecule has 0 amide bonds. The first-order valence-electron chi connectivity index (χ1n) is 16.2. The number of H-pyrrole nitrogens is 1. The second kappa shape index (κ2) is 11.8. The van der Waals surface area contributed by atoms with Crippen LogP contribution in [0.15, 0.2) is 196 Å². The zero-order valence-electron chi connectivity index (χ0n) is 26.1. The number of hydrogen-bond donors (Lipinski definition) is 1. The molecule has 0 saturated heterocycles. The Kier molecular flexibility index (Phi) is 6.83. The van der Waals surface area contributed by atoms with Crippen LogP contribution in [0.25, 0.3) is 22.3 Å². The van der Waals surface area contributed by atoms with Crippen molar-refractivity contribution >= 4 is 39.4 Å². The van der Waals surface area contributed by atoms with Crippen LogP contribution in [0.4, 0.5) is 0 Å². The maximum Gasteiger partial charge on any atom is 0.0738 e. The third-order valence-electron chi connectivity index (χ3n) is 9.12. The van der Waals surface area contributed by atoms with Gasteiger partial charge in [0.05, 0.1) is 28.5 Å². The maximum absolute atomic E-state index is 5.35. The number of nitrogens with one attached hydrogen (secondary N) is 1. The molecule has 8 bridgehead atoms. The lowest BCUT2D eigenvalue weighted by atomic mass is 9.91. The van der Waals surface area contributed by atoms with E-state index in [2.05, 4.69) is 151 Å². The van der Waals surface area contributed by atoms with Gasteiger partial charge in [0.1, 0.15) is 0 Å². The van der Waals surface area contributed by atoms with Crippen molar-refractivity contribution in [1.82, 2.24) is 4.98 Å². The van der Waals surface area contributed by atoms with Crippen molar-refractivity contribution < 1.29 is 0 Å². The van der Waals surface area contributed by atoms with Crippen molar-refractivity contribution in [3.63, 3.8) is 0 Å². The molecule has 4 aromatic carbocycles. The zero-order valence-corrected chi connectivity index (χ0v) is 26.1. The van der Waals surface area contributed by atoms with Crippen LogP contribution in [0.3, 0.4) is 0 Å². The van der Waals surface area contributed by atoms with Gasteiger partial charge in [-0.05, 0) is 64.3 Å². The summed E-state index contributed by atoms with van der Waals surface area (Å²) in [4.78, 5) is 19.6. The van der Waals surface area contributed by atoms with Gasteiger partial charge in [-0.15, -0.1) is 0 Å². The number of aromatic nitrogens is 1. The van der Waals surface area contributed by atoms with Gasteiger partial charge in [-0.1, -0.05) is 121 Å². The molecule has 0 unspecified atom stereocenters. The quantitative estimate of drug-likeness (QED) is 0.213. The van der Waals surface area contributed by atoms with E-state index >= 15 is 0 Å². The molecule has 4 nitrogen and oxygen atoms in total. The number of aliphatic imine (C=N–C) groups is 3. The van der Waals surface area contributed by atoms with Crippen molar-refractivity contribution in [2.45, 2.75) is 6.42 Å². The first kappa shape index (κ1) is 27.9. The van der Waals surface area contributed by atoms with E-state index in [1.807, 2.05) is 18.3 Å². The number of rotatable bonds is 4. The molecule has 9 rings (SSSR count). The molecule has 0 aliphatic carbocycles. The minimum Gasteiger partial charge on any atom is -0.354 e. The Bertz CT molecular complexity index is 2470. The molecule has 0 saturated carbocycles. The largest absolute Gasteiger partial charge is 0.354 e. The standard InChI is InChI=1S/C44H30N4/c1-5-13-29(14-6-1)41-33-27-40(45-28-33)44(32-19-11-4-12-20-32)39-26-25-38(48-39)43(31-17-9-3-10-18-31)37-24-23-36(47-37)42(30-15-7-2-8-16-30)35-22-21-34(41)46-35/h1-26,28,48H,27H2. The molecule has 4 heteroatoms. The number of benzene rings is 4. The lowest BCUT2D eigenvalue weighted by Gasteiger charge is -2.14. The van der Waals surface area contributed by atoms with Crippen LogP contribution in [-0.4, -0.2) is 22.1 Å². The fourth-order valence-electron chi connectivity index (χ4n) is 6.96. The molecule has 0 radical (unpaired) electrons. The second-order valence-corrected chi connectivity index (χ2v) is 12.1. The van der Waals surface area contributed by atoms with E-state index in [0.717, 1.165) is 89.3 Å². The number of allylic oxidation sites excluding steroid dienone is 7. The summed E-state index contributed by atoms with van der Waals surface area (Å²) < 4.78 is 0. The van der Waals surface area contributed by atoms with Crippen molar-refractivity contribution in [3.05, 3.63) is 214 Å². The summed E-state index contributed by atoms with van der Waals surface area (Å²) in [5.74, 6) is 0. The monoisotopic (exact) mass is 614 g/mol. The minimum atomic E-state index is 0.682. The van der Waals surface area contributed by atoms with Gasteiger partial charge in [0, 0.05) is 45.6 Å². The number of nitrogens with zero attached hydrogens (tertiary/aromatic N) is 3. The predicted molar refractivity (Wildman–Crippen MR) is 198 cm³/mol. The van der Waals surface area contributed by atoms with Gasteiger partial charge in [0.15, 0.2) is 0 Å². The van der Waals surface area contributed by atoms with Crippen molar-refractivity contribution in [2.75, 3.05) is 0 Å². The summed E-state index contributed by atoms with van der Waals surface area (Å²) in [6, 6.07) is 46.4. The SMILES string of the molecule is C1=CC2=C(c3ccccc3)C3=CN=C(C3)C(c3ccccc3)=c3ccc([nH]3)=C(c3ccccc3)C3=NC(=C(c4ccccc4)C1=N2)C=C3. The van der Waals surface area contributed by atoms with Gasteiger partial charge in [-0.25, -0.2) is 9.98 Å². The second-order valence-electron chi connectivity index (χ2n) is 12.1. The first-order chi connectivity index (χ1) is 23.8. The van der Waals surface area contributed by atoms with E-state index in [0.29, 0.717) is 6.42 Å². The Morgan fingerprint density at radius 2 is 0.854 bits per heavy atom. The van der Waals surface area contributed by atoms with Crippen molar-refractivity contribution in [1.29, 1.82) is 0 Å². The summed E-state index contributed by atoms with van der Waals surface area (Å²) >= 11 is 0. The molecule has 0 fully saturated rings. The van der Waals surface area contributed by atoms with E-state index in [1.165, 1.54) is 0 Å². The Labute approximate surface area is 279 Å². The average Bonchev–Trinajstić information content (AvgIpc) is 3.98. The molecule has 0 spiro atoms. The van der Waals surface area contributed by atoms with E-state index < -0.39 is 0 Å². The van der Waals surface area contributed by atoms with Crippen LogP contribution >= 0.6 is 0 Å². The molecular formula is C44H30N4. The van der Waals surface area contributed by atoms with E-state index in [-0.39, 0.29) is 0 Å². The molecule has 5 heterocycles. The van der Waals surface area contributed by atoms with Crippen LogP contribution in [0, 0.1) is 0 Å². The highest BCUT2D eigenvalue weighted by atomic mass is 14.8. The molecule has 0 atom stereocenters. The molecule has 1 aromatic heterocycles. The van der Waals surface area contributed by atoms with Gasteiger partial charge in [-0.3, -0.25) is 4.99 Å². The van der Waals surface area contributed by atoms with Crippen LogP contribution in [0.5, 0.6) is 0 Å². The Balaban J connectivity index is 1.38. The summed E-state index contributed by atoms with van der Waals surface area (Å²) in [5.41, 5.74) is 14.4. The summed E-state index contributed by atoms with van der Waals surface area (Å²) in [6.45, 7) is 0. The highest BCUT2D eigenvalue weighted by Gasteiger charge is 2.26. The fraction of sp³-hybridized carbons (Fsp3) is 0.0227. The van der Waals surface area contributed by atoms with E-state index in [4.69, 9.17) is 15.0 Å². The van der Waals surface area contributed by atoms with Gasteiger partial charge < -0.3 is 4.98 Å². The highest BCUT2D eigenvalue weighted by Crippen LogP contribution is 2.38. The number of fused-ring (bicyclic) bond motifs is 6. The Hall–Kier alpha value is -6.39. The number of hydrogen-bond acceptors (Lipinski definition) is 3. The molecule has 48 heavy (non-hydrogen) atoms. The van der Waals surface area contributed by atoms with Crippen LogP contribution in [0.2, 0.25) is 0 Å². The highest BCUT2D eigenvalue weighted by molar-refractivity contribution is 6.35. The predicted octanol–water partition coefficient (Wildman–Crippen LogP) is 8.00. The molecule has 5 aromatic rings. The lowest BCUT2D eigenvalue weighted by Crippen LogP contribution is -2.21. The third-order valence-corrected chi connectivity index (χ3v) is 9.12. The maximum atomic E-state index is 5.35. The van der Waals surface area contributed by atoms with Gasteiger partial charge in [0.2, 0.25) is 0 Å². The van der Waals surface area contributed by atoms with Gasteiger partial charge in [-0.2, -0.15) is 0 Å². The Morgan fingerprint density at radius 1 is 0.417 bits per heavy atom. The Morgan fingerprint density at radius 3 is 1.42 bits per heavy atom. The van der Waals surface area contributed by atoms with Gasteiger partial charge >= 0.3 is 0 Å². The zero-order chi connectivity index (χ0) is 31.9. The van der Waals surface area contributed by atoms with Crippen LogP contribution < -0.4 is 10.7 Å². The van der Waals surface area contributed by atoms with Crippen LogP contribution in [0.1, 0.15) is 28.7 Å². The smallest absolute Gasteiger partial charge is 0.0738 e. The van der Waals surface area contributed by atoms with Crippen molar-refractivity contribution in [2.24, 2.45) is 15.0 Å². The third kappa shape index (κ3) is 4.91. The normalized spacial score (nSPS) is 16.8. The minimum absolute atomic E-state index is 0.682. The van der Waals surface area contributed by atoms with Gasteiger partial charge in [0.25, 0.3) is 0 Å². The lowest BCUT2D eigenvalue weighted by molar-refractivity contribution is 1.25. The summed E-state index contributed by atoms with van der Waals surface area (Å²) in [7, 11) is 0. The molecule has 1 N–H and O–H groups in total. The topological polar surface area (TPSA) is 52.9 Å². The van der Waals surface area contributed by atoms with E-state index in [1.54, 1.807) is 0 Å². The molecule has 4 aliphatic heterocycles. The number of aromatic amines is 1. The first-order valence-corrected chi connectivity index (χ1v) is 16.2. The van der Waals surface area contributed by atoms with E-state index in [9.17, 15) is 0 Å².